The molecule has 0 radical (unpaired) electrons. The number of carbonyl (C=O) groups excluding carboxylic acids is 1. The van der Waals surface area contributed by atoms with Gasteiger partial charge in [0.25, 0.3) is 0 Å². The summed E-state index contributed by atoms with van der Waals surface area (Å²) in [7, 11) is -3.49. The van der Waals surface area contributed by atoms with E-state index >= 15 is 0 Å². The number of benzene rings is 1. The van der Waals surface area contributed by atoms with Crippen LogP contribution in [0.3, 0.4) is 0 Å². The Morgan fingerprint density at radius 2 is 1.60 bits per heavy atom. The van der Waals surface area contributed by atoms with Crippen molar-refractivity contribution in [3.8, 4) is 0 Å². The lowest BCUT2D eigenvalue weighted by molar-refractivity contribution is -0.131. The topological polar surface area (TPSA) is 94.9 Å². The van der Waals surface area contributed by atoms with Gasteiger partial charge in [-0.25, -0.2) is 8.42 Å². The first kappa shape index (κ1) is 16.6. The van der Waals surface area contributed by atoms with Gasteiger partial charge in [0.1, 0.15) is 0 Å². The van der Waals surface area contributed by atoms with Gasteiger partial charge in [-0.2, -0.15) is 0 Å². The lowest BCUT2D eigenvalue weighted by Gasteiger charge is -2.20. The highest BCUT2D eigenvalue weighted by Gasteiger charge is 2.19. The maximum atomic E-state index is 12.0. The van der Waals surface area contributed by atoms with Crippen molar-refractivity contribution in [2.45, 2.75) is 11.3 Å². The fourth-order valence-electron chi connectivity index (χ4n) is 1.73. The lowest BCUT2D eigenvalue weighted by Crippen LogP contribution is -2.36. The van der Waals surface area contributed by atoms with Crippen molar-refractivity contribution in [1.82, 2.24) is 4.90 Å². The molecule has 0 atom stereocenters. The van der Waals surface area contributed by atoms with E-state index in [2.05, 4.69) is 0 Å². The summed E-state index contributed by atoms with van der Waals surface area (Å²) in [5.41, 5.74) is 0. The van der Waals surface area contributed by atoms with Gasteiger partial charge in [-0.05, 0) is 12.1 Å². The van der Waals surface area contributed by atoms with Crippen molar-refractivity contribution in [2.75, 3.05) is 32.1 Å². The van der Waals surface area contributed by atoms with Crippen LogP contribution in [0.1, 0.15) is 6.42 Å². The molecule has 0 bridgehead atoms. The number of aliphatic hydroxyl groups excluding tert-OH is 2. The molecular formula is C13H19NO5S. The predicted octanol–water partition coefficient (Wildman–Crippen LogP) is -0.336. The average Bonchev–Trinajstić information content (AvgIpc) is 2.45. The number of nitrogens with zero attached hydrogens (tertiary/aromatic N) is 1. The Labute approximate surface area is 118 Å². The molecule has 7 heteroatoms. The monoisotopic (exact) mass is 301 g/mol. The maximum absolute atomic E-state index is 12.0. The van der Waals surface area contributed by atoms with Crippen LogP contribution in [-0.4, -0.2) is 61.5 Å². The second-order valence-corrected chi connectivity index (χ2v) is 6.32. The molecule has 0 aliphatic carbocycles. The highest BCUT2D eigenvalue weighted by molar-refractivity contribution is 7.91. The van der Waals surface area contributed by atoms with Crippen molar-refractivity contribution in [3.05, 3.63) is 30.3 Å². The van der Waals surface area contributed by atoms with Crippen LogP contribution < -0.4 is 0 Å². The van der Waals surface area contributed by atoms with Crippen LogP contribution in [0.15, 0.2) is 35.2 Å². The third kappa shape index (κ3) is 4.92. The molecule has 0 unspecified atom stereocenters. The molecule has 1 aromatic carbocycles. The number of amides is 1. The number of sulfone groups is 1. The van der Waals surface area contributed by atoms with Crippen LogP contribution in [0.4, 0.5) is 0 Å². The minimum absolute atomic E-state index is 0.0881. The number of aliphatic hydroxyl groups is 2. The third-order valence-corrected chi connectivity index (χ3v) is 4.51. The molecule has 6 nitrogen and oxygen atoms in total. The Bertz CT molecular complexity index is 509. The molecule has 0 aliphatic heterocycles. The molecule has 1 amide bonds. The zero-order valence-corrected chi connectivity index (χ0v) is 11.9. The van der Waals surface area contributed by atoms with Crippen LogP contribution in [0.5, 0.6) is 0 Å². The summed E-state index contributed by atoms with van der Waals surface area (Å²) < 4.78 is 24.0. The highest BCUT2D eigenvalue weighted by Crippen LogP contribution is 2.11. The molecule has 0 fully saturated rings. The van der Waals surface area contributed by atoms with Gasteiger partial charge < -0.3 is 15.1 Å². The fraction of sp³-hybridized carbons (Fsp3) is 0.462. The summed E-state index contributed by atoms with van der Waals surface area (Å²) in [6.45, 7) is -0.274. The van der Waals surface area contributed by atoms with Gasteiger partial charge in [-0.15, -0.1) is 0 Å². The molecule has 20 heavy (non-hydrogen) atoms. The first-order chi connectivity index (χ1) is 9.51. The van der Waals surface area contributed by atoms with E-state index in [1.165, 1.54) is 17.0 Å². The largest absolute Gasteiger partial charge is 0.395 e. The number of hydrogen-bond donors (Lipinski definition) is 2. The predicted molar refractivity (Wildman–Crippen MR) is 73.9 cm³/mol. The quantitative estimate of drug-likeness (QED) is 0.685. The smallest absolute Gasteiger partial charge is 0.223 e. The molecule has 2 N–H and O–H groups in total. The summed E-state index contributed by atoms with van der Waals surface area (Å²) in [6.07, 6.45) is -0.169. The van der Waals surface area contributed by atoms with E-state index in [9.17, 15) is 13.2 Å². The van der Waals surface area contributed by atoms with E-state index in [0.717, 1.165) is 0 Å². The van der Waals surface area contributed by atoms with E-state index in [0.29, 0.717) is 0 Å². The Kier molecular flexibility index (Phi) is 6.63. The SMILES string of the molecule is O=C(CCS(=O)(=O)c1ccccc1)N(CCO)CCO. The molecule has 0 heterocycles. The second kappa shape index (κ2) is 7.98. The molecule has 0 saturated carbocycles. The van der Waals surface area contributed by atoms with Crippen LogP contribution in [0, 0.1) is 0 Å². The second-order valence-electron chi connectivity index (χ2n) is 4.21. The fourth-order valence-corrected chi connectivity index (χ4v) is 2.98. The zero-order chi connectivity index (χ0) is 15.0. The van der Waals surface area contributed by atoms with Crippen molar-refractivity contribution in [1.29, 1.82) is 0 Å². The minimum atomic E-state index is -3.49. The van der Waals surface area contributed by atoms with Gasteiger partial charge in [0.2, 0.25) is 5.91 Å². The van der Waals surface area contributed by atoms with Crippen LogP contribution in [0.25, 0.3) is 0 Å². The van der Waals surface area contributed by atoms with Crippen molar-refractivity contribution in [3.63, 3.8) is 0 Å². The molecule has 0 spiro atoms. The van der Waals surface area contributed by atoms with E-state index in [1.807, 2.05) is 0 Å². The Hall–Kier alpha value is -1.44. The molecule has 112 valence electrons. The van der Waals surface area contributed by atoms with Gasteiger partial charge >= 0.3 is 0 Å². The van der Waals surface area contributed by atoms with E-state index in [1.54, 1.807) is 18.2 Å². The number of rotatable bonds is 8. The van der Waals surface area contributed by atoms with E-state index < -0.39 is 15.7 Å². The third-order valence-electron chi connectivity index (χ3n) is 2.78. The summed E-state index contributed by atoms with van der Waals surface area (Å²) in [5, 5.41) is 17.6. The van der Waals surface area contributed by atoms with Gasteiger partial charge in [0.05, 0.1) is 23.9 Å². The van der Waals surface area contributed by atoms with Crippen LogP contribution >= 0.6 is 0 Å². The Morgan fingerprint density at radius 3 is 2.10 bits per heavy atom. The van der Waals surface area contributed by atoms with E-state index in [-0.39, 0.29) is 43.4 Å². The Balaban J connectivity index is 2.63. The van der Waals surface area contributed by atoms with Crippen molar-refractivity contribution >= 4 is 15.7 Å². The molecule has 0 aromatic heterocycles. The standard InChI is InChI=1S/C13H19NO5S/c15-9-7-14(8-10-16)13(17)6-11-20(18,19)12-4-2-1-3-5-12/h1-5,15-16H,6-11H2. The van der Waals surface area contributed by atoms with Gasteiger partial charge in [-0.3, -0.25) is 4.79 Å². The Morgan fingerprint density at radius 1 is 1.05 bits per heavy atom. The number of hydrogen-bond acceptors (Lipinski definition) is 5. The summed E-state index contributed by atoms with van der Waals surface area (Å²) in [6, 6.07) is 7.93. The molecule has 0 aliphatic rings. The van der Waals surface area contributed by atoms with Crippen molar-refractivity contribution < 1.29 is 23.4 Å². The van der Waals surface area contributed by atoms with Crippen LogP contribution in [0.2, 0.25) is 0 Å². The number of carbonyl (C=O) groups is 1. The average molecular weight is 301 g/mol. The minimum Gasteiger partial charge on any atom is -0.395 e. The first-order valence-electron chi connectivity index (χ1n) is 6.28. The normalized spacial score (nSPS) is 11.3. The van der Waals surface area contributed by atoms with E-state index in [4.69, 9.17) is 10.2 Å². The molecule has 1 rings (SSSR count). The van der Waals surface area contributed by atoms with Gasteiger partial charge in [-0.1, -0.05) is 18.2 Å². The van der Waals surface area contributed by atoms with Crippen LogP contribution in [-0.2, 0) is 14.6 Å². The summed E-state index contributed by atoms with van der Waals surface area (Å²) in [5.74, 6) is -0.684. The highest BCUT2D eigenvalue weighted by atomic mass is 32.2. The zero-order valence-electron chi connectivity index (χ0n) is 11.1. The molecular weight excluding hydrogens is 282 g/mol. The maximum Gasteiger partial charge on any atom is 0.223 e. The summed E-state index contributed by atoms with van der Waals surface area (Å²) >= 11 is 0. The molecule has 1 aromatic rings. The first-order valence-corrected chi connectivity index (χ1v) is 7.94. The summed E-state index contributed by atoms with van der Waals surface area (Å²) in [4.78, 5) is 13.3. The lowest BCUT2D eigenvalue weighted by atomic mass is 10.3. The van der Waals surface area contributed by atoms with Crippen molar-refractivity contribution in [2.24, 2.45) is 0 Å². The molecule has 0 saturated heterocycles. The van der Waals surface area contributed by atoms with Gasteiger partial charge in [0, 0.05) is 19.5 Å². The van der Waals surface area contributed by atoms with Gasteiger partial charge in [0.15, 0.2) is 9.84 Å².